The first-order valence-electron chi connectivity index (χ1n) is 6.22. The number of primary amides is 1. The number of carbonyl (C=O) groups excluding carboxylic acids is 1. The van der Waals surface area contributed by atoms with Crippen LogP contribution in [0.1, 0.15) is 32.6 Å². The van der Waals surface area contributed by atoms with Gasteiger partial charge in [-0.2, -0.15) is 0 Å². The second kappa shape index (κ2) is 6.59. The van der Waals surface area contributed by atoms with Gasteiger partial charge in [0.15, 0.2) is 0 Å². The van der Waals surface area contributed by atoms with E-state index in [9.17, 15) is 9.59 Å². The minimum Gasteiger partial charge on any atom is -0.481 e. The third-order valence-electron chi connectivity index (χ3n) is 3.39. The number of hydrogen-bond acceptors (Lipinski definition) is 3. The summed E-state index contributed by atoms with van der Waals surface area (Å²) in [6.45, 7) is 4.41. The van der Waals surface area contributed by atoms with E-state index in [4.69, 9.17) is 10.8 Å². The number of aliphatic carboxylic acids is 1. The van der Waals surface area contributed by atoms with Crippen LogP contribution in [0.2, 0.25) is 0 Å². The van der Waals surface area contributed by atoms with Gasteiger partial charge in [0.2, 0.25) is 5.91 Å². The molecule has 0 aromatic heterocycles. The van der Waals surface area contributed by atoms with Gasteiger partial charge in [0.25, 0.3) is 0 Å². The van der Waals surface area contributed by atoms with E-state index >= 15 is 0 Å². The van der Waals surface area contributed by atoms with Crippen molar-refractivity contribution in [3.8, 4) is 0 Å². The average Bonchev–Trinajstić information content (AvgIpc) is 2.26. The second-order valence-corrected chi connectivity index (χ2v) is 5.00. The Morgan fingerprint density at radius 2 is 2.24 bits per heavy atom. The molecular formula is C12H22N2O3. The van der Waals surface area contributed by atoms with Crippen LogP contribution in [0, 0.1) is 11.8 Å². The number of carbonyl (C=O) groups is 2. The Morgan fingerprint density at radius 3 is 2.82 bits per heavy atom. The summed E-state index contributed by atoms with van der Waals surface area (Å²) in [4.78, 5) is 23.7. The maximum absolute atomic E-state index is 11.0. The highest BCUT2D eigenvalue weighted by Gasteiger charge is 2.22. The van der Waals surface area contributed by atoms with Crippen LogP contribution in [0.4, 0.5) is 0 Å². The number of nitrogens with zero attached hydrogens (tertiary/aromatic N) is 1. The molecule has 0 saturated carbocycles. The molecule has 5 heteroatoms. The molecule has 2 atom stereocenters. The molecule has 0 aromatic rings. The van der Waals surface area contributed by atoms with E-state index in [1.54, 1.807) is 0 Å². The number of carboxylic acid groups (broad SMARTS) is 1. The van der Waals surface area contributed by atoms with Gasteiger partial charge in [-0.1, -0.05) is 6.92 Å². The number of rotatable bonds is 6. The van der Waals surface area contributed by atoms with Crippen LogP contribution < -0.4 is 5.73 Å². The number of amides is 1. The van der Waals surface area contributed by atoms with Crippen LogP contribution in [0.5, 0.6) is 0 Å². The van der Waals surface area contributed by atoms with Crippen molar-refractivity contribution in [1.29, 1.82) is 0 Å². The van der Waals surface area contributed by atoms with E-state index in [0.29, 0.717) is 12.5 Å². The summed E-state index contributed by atoms with van der Waals surface area (Å²) in [5.74, 6) is -0.682. The molecule has 0 bridgehead atoms. The van der Waals surface area contributed by atoms with E-state index in [2.05, 4.69) is 4.90 Å². The number of piperidine rings is 1. The van der Waals surface area contributed by atoms with Crippen LogP contribution >= 0.6 is 0 Å². The van der Waals surface area contributed by atoms with E-state index < -0.39 is 5.97 Å². The molecule has 0 aliphatic carbocycles. The van der Waals surface area contributed by atoms with Gasteiger partial charge >= 0.3 is 5.97 Å². The SMILES string of the molecule is CC(CN1CCCC(CCC(=O)O)C1)C(N)=O. The monoisotopic (exact) mass is 242 g/mol. The first-order valence-corrected chi connectivity index (χ1v) is 6.22. The van der Waals surface area contributed by atoms with Gasteiger partial charge in [0, 0.05) is 25.4 Å². The summed E-state index contributed by atoms with van der Waals surface area (Å²) >= 11 is 0. The standard InChI is InChI=1S/C12H22N2O3/c1-9(12(13)17)7-14-6-2-3-10(8-14)4-5-11(15)16/h9-10H,2-8H2,1H3,(H2,13,17)(H,15,16). The van der Waals surface area contributed by atoms with Gasteiger partial charge in [-0.05, 0) is 31.7 Å². The number of likely N-dealkylation sites (tertiary alicyclic amines) is 1. The molecule has 1 saturated heterocycles. The Balaban J connectivity index is 2.33. The fraction of sp³-hybridized carbons (Fsp3) is 0.833. The van der Waals surface area contributed by atoms with Gasteiger partial charge in [0.1, 0.15) is 0 Å². The van der Waals surface area contributed by atoms with Gasteiger partial charge in [-0.3, -0.25) is 9.59 Å². The van der Waals surface area contributed by atoms with Crippen molar-refractivity contribution in [1.82, 2.24) is 4.90 Å². The molecule has 1 amide bonds. The first kappa shape index (κ1) is 14.0. The predicted molar refractivity (Wildman–Crippen MR) is 64.4 cm³/mol. The number of hydrogen-bond donors (Lipinski definition) is 2. The Bertz CT molecular complexity index is 281. The molecule has 98 valence electrons. The van der Waals surface area contributed by atoms with Gasteiger partial charge in [-0.15, -0.1) is 0 Å². The summed E-state index contributed by atoms with van der Waals surface area (Å²) in [6.07, 6.45) is 3.14. The fourth-order valence-corrected chi connectivity index (χ4v) is 2.36. The van der Waals surface area contributed by atoms with E-state index in [-0.39, 0.29) is 18.2 Å². The lowest BCUT2D eigenvalue weighted by Crippen LogP contribution is -2.41. The zero-order valence-electron chi connectivity index (χ0n) is 10.4. The number of carboxylic acids is 1. The molecule has 5 nitrogen and oxygen atoms in total. The lowest BCUT2D eigenvalue weighted by atomic mass is 9.93. The molecule has 3 N–H and O–H groups in total. The summed E-state index contributed by atoms with van der Waals surface area (Å²) in [6, 6.07) is 0. The Labute approximate surface area is 102 Å². The highest BCUT2D eigenvalue weighted by Crippen LogP contribution is 2.21. The summed E-state index contributed by atoms with van der Waals surface area (Å²) in [5.41, 5.74) is 5.24. The molecule has 0 aromatic carbocycles. The third-order valence-corrected chi connectivity index (χ3v) is 3.39. The first-order chi connectivity index (χ1) is 7.99. The van der Waals surface area contributed by atoms with E-state index in [1.165, 1.54) is 0 Å². The molecule has 0 spiro atoms. The van der Waals surface area contributed by atoms with Crippen LogP contribution in [0.15, 0.2) is 0 Å². The molecular weight excluding hydrogens is 220 g/mol. The predicted octanol–water partition coefficient (Wildman–Crippen LogP) is 0.685. The number of nitrogens with two attached hydrogens (primary N) is 1. The van der Waals surface area contributed by atoms with Crippen molar-refractivity contribution in [3.05, 3.63) is 0 Å². The minimum absolute atomic E-state index is 0.131. The quantitative estimate of drug-likeness (QED) is 0.717. The van der Waals surface area contributed by atoms with Crippen molar-refractivity contribution >= 4 is 11.9 Å². The summed E-state index contributed by atoms with van der Waals surface area (Å²) in [7, 11) is 0. The average molecular weight is 242 g/mol. The summed E-state index contributed by atoms with van der Waals surface area (Å²) in [5, 5.41) is 8.65. The molecule has 1 fully saturated rings. The van der Waals surface area contributed by atoms with Crippen molar-refractivity contribution in [2.45, 2.75) is 32.6 Å². The molecule has 1 aliphatic rings. The molecule has 1 heterocycles. The Kier molecular flexibility index (Phi) is 5.41. The van der Waals surface area contributed by atoms with Crippen molar-refractivity contribution < 1.29 is 14.7 Å². The highest BCUT2D eigenvalue weighted by molar-refractivity contribution is 5.76. The molecule has 2 unspecified atom stereocenters. The van der Waals surface area contributed by atoms with Gasteiger partial charge in [0.05, 0.1) is 0 Å². The molecule has 17 heavy (non-hydrogen) atoms. The largest absolute Gasteiger partial charge is 0.481 e. The molecule has 1 rings (SSSR count). The molecule has 1 aliphatic heterocycles. The van der Waals surface area contributed by atoms with Crippen LogP contribution in [-0.2, 0) is 9.59 Å². The van der Waals surface area contributed by atoms with Gasteiger partial charge in [-0.25, -0.2) is 0 Å². The Morgan fingerprint density at radius 1 is 1.53 bits per heavy atom. The summed E-state index contributed by atoms with van der Waals surface area (Å²) < 4.78 is 0. The van der Waals surface area contributed by atoms with Crippen molar-refractivity contribution in [3.63, 3.8) is 0 Å². The van der Waals surface area contributed by atoms with Gasteiger partial charge < -0.3 is 15.7 Å². The Hall–Kier alpha value is -1.10. The minimum atomic E-state index is -0.729. The van der Waals surface area contributed by atoms with E-state index in [1.807, 2.05) is 6.92 Å². The van der Waals surface area contributed by atoms with E-state index in [0.717, 1.165) is 32.4 Å². The zero-order chi connectivity index (χ0) is 12.8. The maximum Gasteiger partial charge on any atom is 0.303 e. The smallest absolute Gasteiger partial charge is 0.303 e. The topological polar surface area (TPSA) is 83.6 Å². The van der Waals surface area contributed by atoms with Crippen molar-refractivity contribution in [2.75, 3.05) is 19.6 Å². The highest BCUT2D eigenvalue weighted by atomic mass is 16.4. The second-order valence-electron chi connectivity index (χ2n) is 5.00. The third kappa shape index (κ3) is 5.17. The lowest BCUT2D eigenvalue weighted by Gasteiger charge is -2.33. The van der Waals surface area contributed by atoms with Crippen LogP contribution in [0.3, 0.4) is 0 Å². The fourth-order valence-electron chi connectivity index (χ4n) is 2.36. The van der Waals surface area contributed by atoms with Crippen LogP contribution in [-0.4, -0.2) is 41.5 Å². The normalized spacial score (nSPS) is 23.2. The molecule has 0 radical (unpaired) electrons. The zero-order valence-corrected chi connectivity index (χ0v) is 10.4. The van der Waals surface area contributed by atoms with Crippen LogP contribution in [0.25, 0.3) is 0 Å². The van der Waals surface area contributed by atoms with Crippen molar-refractivity contribution in [2.24, 2.45) is 17.6 Å². The maximum atomic E-state index is 11.0. The lowest BCUT2D eigenvalue weighted by molar-refractivity contribution is -0.137.